The van der Waals surface area contributed by atoms with Crippen molar-refractivity contribution in [2.24, 2.45) is 0 Å². The van der Waals surface area contributed by atoms with Gasteiger partial charge in [0.15, 0.2) is 9.84 Å². The van der Waals surface area contributed by atoms with Crippen LogP contribution >= 0.6 is 27.5 Å². The summed E-state index contributed by atoms with van der Waals surface area (Å²) >= 11 is 10.2. The van der Waals surface area contributed by atoms with Crippen LogP contribution in [0.15, 0.2) is 45.9 Å². The van der Waals surface area contributed by atoms with Crippen LogP contribution in [-0.2, 0) is 21.8 Å². The van der Waals surface area contributed by atoms with Crippen LogP contribution in [0.1, 0.15) is 30.4 Å². The average molecular weight is 498 g/mol. The number of fused-ring (bicyclic) bond motifs is 2. The minimum Gasteiger partial charge on any atom is -0.497 e. The van der Waals surface area contributed by atoms with Gasteiger partial charge >= 0.3 is 0 Å². The van der Waals surface area contributed by atoms with Gasteiger partial charge in [0.2, 0.25) is 0 Å². The molecule has 1 aliphatic carbocycles. The van der Waals surface area contributed by atoms with Gasteiger partial charge in [-0.15, -0.1) is 0 Å². The fraction of sp³-hybridized carbons (Fsp3) is 0.381. The topological polar surface area (TPSA) is 59.5 Å². The van der Waals surface area contributed by atoms with Crippen LogP contribution in [0.3, 0.4) is 0 Å². The van der Waals surface area contributed by atoms with E-state index in [-0.39, 0.29) is 5.41 Å². The molecular formula is C21H22BrClN2O3S. The van der Waals surface area contributed by atoms with E-state index in [1.807, 2.05) is 24.3 Å². The second kappa shape index (κ2) is 7.60. The first-order valence-electron chi connectivity index (χ1n) is 9.33. The van der Waals surface area contributed by atoms with E-state index in [4.69, 9.17) is 16.3 Å². The van der Waals surface area contributed by atoms with E-state index in [1.165, 1.54) is 11.7 Å². The van der Waals surface area contributed by atoms with Crippen LogP contribution in [0.25, 0.3) is 0 Å². The molecule has 29 heavy (non-hydrogen) atoms. The Morgan fingerprint density at radius 3 is 2.72 bits per heavy atom. The Labute approximate surface area is 184 Å². The van der Waals surface area contributed by atoms with Gasteiger partial charge in [-0.05, 0) is 52.9 Å². The molecule has 4 rings (SSSR count). The van der Waals surface area contributed by atoms with E-state index in [0.717, 1.165) is 52.1 Å². The first-order chi connectivity index (χ1) is 13.7. The highest BCUT2D eigenvalue weighted by atomic mass is 79.9. The minimum absolute atomic E-state index is 0.216. The van der Waals surface area contributed by atoms with Crippen LogP contribution in [0.4, 0.5) is 5.82 Å². The molecule has 2 aromatic rings. The number of nitrogens with zero attached hydrogens (tertiary/aromatic N) is 2. The predicted octanol–water partition coefficient (Wildman–Crippen LogP) is 4.88. The number of hydrogen-bond donors (Lipinski definition) is 0. The Balaban J connectivity index is 1.71. The highest BCUT2D eigenvalue weighted by Crippen LogP contribution is 2.55. The van der Waals surface area contributed by atoms with Crippen LogP contribution in [-0.4, -0.2) is 33.3 Å². The fourth-order valence-corrected chi connectivity index (χ4v) is 5.97. The molecule has 1 fully saturated rings. The molecule has 0 amide bonds. The van der Waals surface area contributed by atoms with E-state index >= 15 is 0 Å². The largest absolute Gasteiger partial charge is 0.497 e. The molecule has 1 spiro atoms. The first-order valence-corrected chi connectivity index (χ1v) is 12.5. The quantitative estimate of drug-likeness (QED) is 0.603. The molecule has 0 saturated heterocycles. The second-order valence-corrected chi connectivity index (χ2v) is 11.0. The van der Waals surface area contributed by atoms with Crippen molar-refractivity contribution >= 4 is 43.2 Å². The number of hydrogen-bond acceptors (Lipinski definition) is 5. The minimum atomic E-state index is -3.16. The Bertz CT molecular complexity index is 1090. The number of sulfone groups is 1. The van der Waals surface area contributed by atoms with Crippen molar-refractivity contribution in [3.8, 4) is 5.75 Å². The summed E-state index contributed by atoms with van der Waals surface area (Å²) in [6, 6.07) is 8.00. The first kappa shape index (κ1) is 20.7. The van der Waals surface area contributed by atoms with Crippen LogP contribution in [0.5, 0.6) is 5.75 Å². The third-order valence-electron chi connectivity index (χ3n) is 5.68. The third-order valence-corrected chi connectivity index (χ3v) is 7.66. The number of benzene rings is 1. The number of allylic oxidation sites excluding steroid dienone is 1. The van der Waals surface area contributed by atoms with E-state index in [9.17, 15) is 8.42 Å². The van der Waals surface area contributed by atoms with Crippen molar-refractivity contribution in [1.29, 1.82) is 0 Å². The Kier molecular flexibility index (Phi) is 5.42. The van der Waals surface area contributed by atoms with Crippen molar-refractivity contribution in [2.45, 2.75) is 31.2 Å². The standard InChI is InChI=1S/C21H22BrClN2O3S/c1-28-16-5-3-14(4-6-16)11-25-13-21(8-7-15(9-21)12-29(2,26)27)18-19(23)17(22)10-24-20(18)25/h3-6,10,12H,7-9,11,13H2,1-2H3. The molecule has 0 N–H and O–H groups in total. The summed E-state index contributed by atoms with van der Waals surface area (Å²) in [7, 11) is -1.51. The summed E-state index contributed by atoms with van der Waals surface area (Å²) in [5, 5.41) is 2.10. The molecule has 0 bridgehead atoms. The lowest BCUT2D eigenvalue weighted by Crippen LogP contribution is -2.31. The molecule has 1 aromatic heterocycles. The van der Waals surface area contributed by atoms with Gasteiger partial charge in [-0.1, -0.05) is 29.3 Å². The highest BCUT2D eigenvalue weighted by molar-refractivity contribution is 9.10. The van der Waals surface area contributed by atoms with Gasteiger partial charge < -0.3 is 9.64 Å². The van der Waals surface area contributed by atoms with Gasteiger partial charge in [0.1, 0.15) is 11.6 Å². The van der Waals surface area contributed by atoms with Crippen molar-refractivity contribution < 1.29 is 13.2 Å². The van der Waals surface area contributed by atoms with Crippen molar-refractivity contribution in [3.63, 3.8) is 0 Å². The van der Waals surface area contributed by atoms with E-state index in [2.05, 4.69) is 25.8 Å². The van der Waals surface area contributed by atoms with Gasteiger partial charge in [0.25, 0.3) is 0 Å². The molecule has 1 atom stereocenters. The summed E-state index contributed by atoms with van der Waals surface area (Å²) in [6.45, 7) is 1.47. The van der Waals surface area contributed by atoms with Crippen molar-refractivity contribution in [3.05, 3.63) is 62.1 Å². The summed E-state index contributed by atoms with van der Waals surface area (Å²) < 4.78 is 29.6. The number of anilines is 1. The van der Waals surface area contributed by atoms with E-state index in [0.29, 0.717) is 18.0 Å². The fourth-order valence-electron chi connectivity index (χ4n) is 4.53. The summed E-state index contributed by atoms with van der Waals surface area (Å²) in [5.41, 5.74) is 2.92. The van der Waals surface area contributed by atoms with E-state index < -0.39 is 9.84 Å². The number of methoxy groups -OCH3 is 1. The van der Waals surface area contributed by atoms with Gasteiger partial charge in [0, 0.05) is 41.9 Å². The lowest BCUT2D eigenvalue weighted by molar-refractivity contribution is 0.414. The van der Waals surface area contributed by atoms with Crippen molar-refractivity contribution in [1.82, 2.24) is 4.98 Å². The van der Waals surface area contributed by atoms with Gasteiger partial charge in [-0.3, -0.25) is 0 Å². The lowest BCUT2D eigenvalue weighted by atomic mass is 9.81. The molecule has 2 heterocycles. The molecule has 8 heteroatoms. The number of rotatable bonds is 4. The smallest absolute Gasteiger partial charge is 0.168 e. The number of ether oxygens (including phenoxy) is 1. The summed E-state index contributed by atoms with van der Waals surface area (Å²) in [6.07, 6.45) is 5.28. The highest BCUT2D eigenvalue weighted by Gasteiger charge is 2.48. The lowest BCUT2D eigenvalue weighted by Gasteiger charge is -2.25. The van der Waals surface area contributed by atoms with Gasteiger partial charge in [-0.25, -0.2) is 13.4 Å². The van der Waals surface area contributed by atoms with Crippen LogP contribution in [0, 0.1) is 0 Å². The number of pyridine rings is 1. The molecule has 1 unspecified atom stereocenters. The maximum atomic E-state index is 11.8. The molecule has 1 aliphatic heterocycles. The molecule has 5 nitrogen and oxygen atoms in total. The maximum absolute atomic E-state index is 11.8. The monoisotopic (exact) mass is 496 g/mol. The SMILES string of the molecule is COc1ccc(CN2CC3(CCC(=CS(C)(=O)=O)C3)c3c2ncc(Br)c3Cl)cc1. The summed E-state index contributed by atoms with van der Waals surface area (Å²) in [4.78, 5) is 6.93. The Morgan fingerprint density at radius 1 is 1.34 bits per heavy atom. The van der Waals surface area contributed by atoms with Gasteiger partial charge in [0.05, 0.1) is 16.6 Å². The third kappa shape index (κ3) is 4.05. The number of halogens is 2. The Hall–Kier alpha value is -1.57. The number of aromatic nitrogens is 1. The molecular weight excluding hydrogens is 476 g/mol. The van der Waals surface area contributed by atoms with Crippen LogP contribution < -0.4 is 9.64 Å². The zero-order valence-corrected chi connectivity index (χ0v) is 19.4. The van der Waals surface area contributed by atoms with E-state index in [1.54, 1.807) is 13.3 Å². The predicted molar refractivity (Wildman–Crippen MR) is 119 cm³/mol. The molecule has 1 saturated carbocycles. The Morgan fingerprint density at radius 2 is 2.07 bits per heavy atom. The summed E-state index contributed by atoms with van der Waals surface area (Å²) in [5.74, 6) is 1.71. The molecule has 0 radical (unpaired) electrons. The molecule has 154 valence electrons. The van der Waals surface area contributed by atoms with Gasteiger partial charge in [-0.2, -0.15) is 0 Å². The zero-order valence-electron chi connectivity index (χ0n) is 16.3. The second-order valence-electron chi connectivity index (χ2n) is 7.89. The van der Waals surface area contributed by atoms with Crippen molar-refractivity contribution in [2.75, 3.05) is 24.8 Å². The molecule has 2 aliphatic rings. The maximum Gasteiger partial charge on any atom is 0.168 e. The zero-order chi connectivity index (χ0) is 20.8. The van der Waals surface area contributed by atoms with Crippen LogP contribution in [0.2, 0.25) is 5.02 Å². The molecule has 1 aromatic carbocycles. The average Bonchev–Trinajstić information content (AvgIpc) is 3.18. The normalized spacial score (nSPS) is 22.5.